The third kappa shape index (κ3) is 5.33. The predicted octanol–water partition coefficient (Wildman–Crippen LogP) is 5.70. The minimum Gasteiger partial charge on any atom is -0.462 e. The van der Waals surface area contributed by atoms with Gasteiger partial charge in [-0.2, -0.15) is 0 Å². The monoisotopic (exact) mass is 366 g/mol. The first kappa shape index (κ1) is 17.4. The first-order chi connectivity index (χ1) is 9.81. The van der Waals surface area contributed by atoms with E-state index in [0.29, 0.717) is 12.7 Å². The quantitative estimate of drug-likeness (QED) is 0.474. The third-order valence-electron chi connectivity index (χ3n) is 3.61. The number of halogens is 3. The van der Waals surface area contributed by atoms with E-state index in [1.165, 1.54) is 5.56 Å². The Morgan fingerprint density at radius 1 is 1.29 bits per heavy atom. The topological polar surface area (TPSA) is 18.5 Å². The Morgan fingerprint density at radius 3 is 2.71 bits per heavy atom. The van der Waals surface area contributed by atoms with Gasteiger partial charge in [0.2, 0.25) is 5.79 Å². The van der Waals surface area contributed by atoms with Crippen molar-refractivity contribution in [1.82, 2.24) is 0 Å². The highest BCUT2D eigenvalue weighted by molar-refractivity contribution is 7.64. The van der Waals surface area contributed by atoms with Gasteiger partial charge in [-0.25, -0.2) is 0 Å². The molecule has 0 aromatic heterocycles. The molecule has 2 nitrogen and oxygen atoms in total. The number of hydrogen-bond donors (Lipinski definition) is 0. The summed E-state index contributed by atoms with van der Waals surface area (Å²) in [5.41, 5.74) is 2.34. The Bertz CT molecular complexity index is 490. The van der Waals surface area contributed by atoms with Crippen LogP contribution in [0, 0.1) is 0 Å². The second-order valence-electron chi connectivity index (χ2n) is 5.69. The second-order valence-corrected chi connectivity index (χ2v) is 15.0. The maximum absolute atomic E-state index is 5.99. The van der Waals surface area contributed by atoms with Crippen LogP contribution in [0.4, 0.5) is 0 Å². The summed E-state index contributed by atoms with van der Waals surface area (Å²) in [6.07, 6.45) is 3.74. The molecule has 0 fully saturated rings. The van der Waals surface area contributed by atoms with E-state index in [1.54, 1.807) is 0 Å². The van der Waals surface area contributed by atoms with Gasteiger partial charge in [-0.05, 0) is 43.0 Å². The molecule has 1 aromatic carbocycles. The minimum absolute atomic E-state index is 0.496. The van der Waals surface area contributed by atoms with Crippen molar-refractivity contribution in [2.75, 3.05) is 0 Å². The molecule has 1 atom stereocenters. The SMILES string of the molecule is CCCC1(C)OCc2cc(CCC[Si](Cl)(Cl)Cl)ccc2O1. The molecule has 1 heterocycles. The molecule has 0 bridgehead atoms. The van der Waals surface area contributed by atoms with Crippen LogP contribution in [0.15, 0.2) is 18.2 Å². The third-order valence-corrected chi connectivity index (χ3v) is 6.23. The molecule has 2 rings (SSSR count). The lowest BCUT2D eigenvalue weighted by Crippen LogP contribution is -2.38. The maximum Gasteiger partial charge on any atom is 0.341 e. The number of hydrogen-bond acceptors (Lipinski definition) is 2. The molecular formula is C15H21Cl3O2Si. The van der Waals surface area contributed by atoms with Gasteiger partial charge in [0.05, 0.1) is 6.61 Å². The van der Waals surface area contributed by atoms with Crippen molar-refractivity contribution in [2.24, 2.45) is 0 Å². The van der Waals surface area contributed by atoms with Gasteiger partial charge in [0.1, 0.15) is 5.75 Å². The Kier molecular flexibility index (Phi) is 5.89. The zero-order valence-corrected chi connectivity index (χ0v) is 15.7. The molecule has 1 unspecified atom stereocenters. The second kappa shape index (κ2) is 7.09. The largest absolute Gasteiger partial charge is 0.462 e. The molecule has 0 radical (unpaired) electrons. The Morgan fingerprint density at radius 2 is 2.05 bits per heavy atom. The molecule has 0 saturated heterocycles. The van der Waals surface area contributed by atoms with Gasteiger partial charge in [0.15, 0.2) is 0 Å². The van der Waals surface area contributed by atoms with E-state index in [2.05, 4.69) is 19.1 Å². The van der Waals surface area contributed by atoms with Crippen LogP contribution < -0.4 is 4.74 Å². The summed E-state index contributed by atoms with van der Waals surface area (Å²) in [4.78, 5) is 0. The van der Waals surface area contributed by atoms with Crippen LogP contribution in [-0.4, -0.2) is 11.8 Å². The number of aryl methyl sites for hydroxylation is 1. The van der Waals surface area contributed by atoms with Gasteiger partial charge in [0, 0.05) is 18.9 Å². The standard InChI is InChI=1S/C15H21Cl3O2Si/c1-3-8-15(2)19-11-13-10-12(6-7-14(13)20-15)5-4-9-21(16,17)18/h6-7,10H,3-5,8-9,11H2,1-2H3. The van der Waals surface area contributed by atoms with Crippen molar-refractivity contribution in [2.45, 2.75) is 58.0 Å². The summed E-state index contributed by atoms with van der Waals surface area (Å²) in [6, 6.07) is 4.46. The van der Waals surface area contributed by atoms with Crippen LogP contribution in [0.25, 0.3) is 0 Å². The molecule has 0 N–H and O–H groups in total. The maximum atomic E-state index is 5.99. The van der Waals surface area contributed by atoms with Crippen molar-refractivity contribution in [1.29, 1.82) is 0 Å². The molecule has 1 aliphatic rings. The van der Waals surface area contributed by atoms with Gasteiger partial charge in [-0.15, -0.1) is 33.2 Å². The molecule has 0 spiro atoms. The molecule has 0 saturated carbocycles. The zero-order chi connectivity index (χ0) is 15.5. The van der Waals surface area contributed by atoms with E-state index in [0.717, 1.165) is 37.0 Å². The Hall–Kier alpha value is 0.0669. The van der Waals surface area contributed by atoms with Crippen molar-refractivity contribution in [3.8, 4) is 5.75 Å². The lowest BCUT2D eigenvalue weighted by Gasteiger charge is -2.35. The van der Waals surface area contributed by atoms with Crippen molar-refractivity contribution in [3.05, 3.63) is 29.3 Å². The molecule has 0 amide bonds. The molecule has 0 aliphatic carbocycles. The van der Waals surface area contributed by atoms with Crippen LogP contribution in [0.5, 0.6) is 5.75 Å². The number of benzene rings is 1. The van der Waals surface area contributed by atoms with Crippen LogP contribution in [0.2, 0.25) is 6.04 Å². The zero-order valence-electron chi connectivity index (χ0n) is 12.4. The summed E-state index contributed by atoms with van der Waals surface area (Å²) in [6.45, 7) is 4.72. The fourth-order valence-electron chi connectivity index (χ4n) is 2.56. The number of fused-ring (bicyclic) bond motifs is 1. The van der Waals surface area contributed by atoms with Crippen LogP contribution >= 0.6 is 33.2 Å². The lowest BCUT2D eigenvalue weighted by atomic mass is 10.0. The van der Waals surface area contributed by atoms with Crippen LogP contribution in [-0.2, 0) is 17.8 Å². The summed E-state index contributed by atoms with van der Waals surface area (Å²) < 4.78 is 11.9. The molecule has 1 aromatic rings. The molecule has 21 heavy (non-hydrogen) atoms. The average molecular weight is 368 g/mol. The molecular weight excluding hydrogens is 347 g/mol. The van der Waals surface area contributed by atoms with E-state index in [-0.39, 0.29) is 0 Å². The highest BCUT2D eigenvalue weighted by atomic mass is 35.8. The minimum atomic E-state index is -2.50. The van der Waals surface area contributed by atoms with Gasteiger partial charge in [-0.1, -0.05) is 13.0 Å². The van der Waals surface area contributed by atoms with Crippen molar-refractivity contribution in [3.63, 3.8) is 0 Å². The predicted molar refractivity (Wildman–Crippen MR) is 91.6 cm³/mol. The van der Waals surface area contributed by atoms with Gasteiger partial charge in [-0.3, -0.25) is 0 Å². The fraction of sp³-hybridized carbons (Fsp3) is 0.600. The highest BCUT2D eigenvalue weighted by Crippen LogP contribution is 2.35. The van der Waals surface area contributed by atoms with Crippen molar-refractivity contribution < 1.29 is 9.47 Å². The first-order valence-corrected chi connectivity index (χ1v) is 12.6. The van der Waals surface area contributed by atoms with E-state index in [1.807, 2.05) is 13.0 Å². The number of ether oxygens (including phenoxy) is 2. The molecule has 6 heteroatoms. The van der Waals surface area contributed by atoms with Crippen LogP contribution in [0.3, 0.4) is 0 Å². The van der Waals surface area contributed by atoms with Crippen molar-refractivity contribution >= 4 is 39.2 Å². The normalized spacial score (nSPS) is 21.8. The first-order valence-electron chi connectivity index (χ1n) is 7.33. The smallest absolute Gasteiger partial charge is 0.341 e. The van der Waals surface area contributed by atoms with Gasteiger partial charge < -0.3 is 9.47 Å². The summed E-state index contributed by atoms with van der Waals surface area (Å²) in [5, 5.41) is 0. The molecule has 1 aliphatic heterocycles. The lowest BCUT2D eigenvalue weighted by molar-refractivity contribution is -0.197. The van der Waals surface area contributed by atoms with Gasteiger partial charge >= 0.3 is 6.00 Å². The fourth-order valence-corrected chi connectivity index (χ4v) is 4.34. The summed E-state index contributed by atoms with van der Waals surface area (Å²) >= 11 is 17.7. The summed E-state index contributed by atoms with van der Waals surface area (Å²) in [7, 11) is 0. The van der Waals surface area contributed by atoms with E-state index in [4.69, 9.17) is 42.7 Å². The van der Waals surface area contributed by atoms with E-state index >= 15 is 0 Å². The molecule has 118 valence electrons. The average Bonchev–Trinajstić information content (AvgIpc) is 2.37. The Labute approximate surface area is 141 Å². The number of rotatable bonds is 6. The highest BCUT2D eigenvalue weighted by Gasteiger charge is 2.31. The van der Waals surface area contributed by atoms with E-state index < -0.39 is 11.8 Å². The van der Waals surface area contributed by atoms with E-state index in [9.17, 15) is 0 Å². The van der Waals surface area contributed by atoms with Gasteiger partial charge in [0.25, 0.3) is 0 Å². The summed E-state index contributed by atoms with van der Waals surface area (Å²) in [5.74, 6) is 0.432. The van der Waals surface area contributed by atoms with Crippen LogP contribution in [0.1, 0.15) is 44.2 Å². The Balaban J connectivity index is 1.98.